The van der Waals surface area contributed by atoms with Crippen LogP contribution >= 0.6 is 0 Å². The molecule has 1 unspecified atom stereocenters. The zero-order valence-electron chi connectivity index (χ0n) is 12.7. The van der Waals surface area contributed by atoms with Crippen molar-refractivity contribution in [2.24, 2.45) is 0 Å². The maximum atomic E-state index is 5.50. The van der Waals surface area contributed by atoms with Crippen LogP contribution in [0.4, 0.5) is 0 Å². The second-order valence-electron chi connectivity index (χ2n) is 5.08. The molecule has 0 aliphatic heterocycles. The van der Waals surface area contributed by atoms with Crippen molar-refractivity contribution in [1.82, 2.24) is 9.97 Å². The molecule has 22 heavy (non-hydrogen) atoms. The van der Waals surface area contributed by atoms with Gasteiger partial charge in [-0.25, -0.2) is 0 Å². The molecule has 0 aliphatic carbocycles. The second kappa shape index (κ2) is 6.49. The van der Waals surface area contributed by atoms with E-state index in [1.165, 1.54) is 5.56 Å². The first-order valence-electron chi connectivity index (χ1n) is 7.33. The van der Waals surface area contributed by atoms with E-state index in [0.29, 0.717) is 6.61 Å². The van der Waals surface area contributed by atoms with E-state index in [1.807, 2.05) is 44.2 Å². The molecule has 1 aromatic heterocycles. The molecule has 4 heteroatoms. The third-order valence-corrected chi connectivity index (χ3v) is 4.65. The molecule has 0 bridgehead atoms. The fraction of sp³-hybridized carbons (Fsp3) is 0.222. The van der Waals surface area contributed by atoms with Gasteiger partial charge in [0, 0.05) is 0 Å². The number of aromatic nitrogens is 2. The summed E-state index contributed by atoms with van der Waals surface area (Å²) in [5.41, 5.74) is 3.24. The summed E-state index contributed by atoms with van der Waals surface area (Å²) in [6.07, 6.45) is 0. The Balaban J connectivity index is 2.02. The molecule has 3 rings (SSSR count). The Morgan fingerprint density at radius 2 is 1.77 bits per heavy atom. The van der Waals surface area contributed by atoms with Crippen LogP contribution in [0.3, 0.4) is 0 Å². The summed E-state index contributed by atoms with van der Waals surface area (Å²) in [7, 11) is 0. The molecule has 1 atom stereocenters. The zero-order valence-corrected chi connectivity index (χ0v) is 14.5. The van der Waals surface area contributed by atoms with Gasteiger partial charge in [0.05, 0.1) is 0 Å². The Labute approximate surface area is 139 Å². The summed E-state index contributed by atoms with van der Waals surface area (Å²) in [6, 6.07) is 16.4. The van der Waals surface area contributed by atoms with Gasteiger partial charge in [-0.1, -0.05) is 0 Å². The Bertz CT molecular complexity index is 787. The first-order chi connectivity index (χ1) is 10.7. The summed E-state index contributed by atoms with van der Waals surface area (Å²) in [5, 5.41) is 1.10. The van der Waals surface area contributed by atoms with Gasteiger partial charge < -0.3 is 0 Å². The van der Waals surface area contributed by atoms with Gasteiger partial charge in [-0.3, -0.25) is 0 Å². The van der Waals surface area contributed by atoms with E-state index in [0.717, 1.165) is 28.2 Å². The first kappa shape index (κ1) is 15.1. The van der Waals surface area contributed by atoms with Crippen molar-refractivity contribution >= 4 is 27.8 Å². The van der Waals surface area contributed by atoms with Gasteiger partial charge in [-0.05, 0) is 0 Å². The number of nitrogens with zero attached hydrogens (tertiary/aromatic N) is 2. The van der Waals surface area contributed by atoms with Crippen molar-refractivity contribution in [1.29, 1.82) is 0 Å². The number of para-hydroxylation sites is 1. The second-order valence-corrected chi connectivity index (χ2v) is 6.16. The Hall–Kier alpha value is -1.86. The van der Waals surface area contributed by atoms with Crippen LogP contribution in [-0.2, 0) is 0 Å². The van der Waals surface area contributed by atoms with Crippen molar-refractivity contribution in [3.63, 3.8) is 0 Å². The molecule has 2 aromatic carbocycles. The van der Waals surface area contributed by atoms with Gasteiger partial charge in [-0.15, -0.1) is 0 Å². The summed E-state index contributed by atoms with van der Waals surface area (Å²) in [5.74, 6) is 1.70. The fourth-order valence-corrected chi connectivity index (χ4v) is 3.28. The van der Waals surface area contributed by atoms with Crippen molar-refractivity contribution in [2.45, 2.75) is 18.6 Å². The first-order valence-corrected chi connectivity index (χ1v) is 8.41. The molecular weight excluding hydrogens is 335 g/mol. The quantitative estimate of drug-likeness (QED) is 0.673. The number of fused-ring (bicyclic) bond motifs is 1. The van der Waals surface area contributed by atoms with Crippen LogP contribution in [-0.4, -0.2) is 33.4 Å². The standard InChI is InChI=1S/C18H17AsN2O/c1-3-22-14-10-8-13(9-11-14)17(19)18-15-6-4-5-7-16(15)20-12(2)21-18/h4-11,17H,3H2,1-2H3. The Morgan fingerprint density at radius 3 is 2.50 bits per heavy atom. The van der Waals surface area contributed by atoms with Crippen LogP contribution in [0.1, 0.15) is 28.7 Å². The van der Waals surface area contributed by atoms with E-state index >= 15 is 0 Å². The van der Waals surface area contributed by atoms with Crippen molar-refractivity contribution < 1.29 is 4.74 Å². The third kappa shape index (κ3) is 3.00. The summed E-state index contributed by atoms with van der Waals surface area (Å²) < 4.78 is 5.65. The van der Waals surface area contributed by atoms with Gasteiger partial charge in [0.1, 0.15) is 0 Å². The summed E-state index contributed by atoms with van der Waals surface area (Å²) in [4.78, 5) is 9.19. The summed E-state index contributed by atoms with van der Waals surface area (Å²) in [6.45, 7) is 4.61. The molecule has 0 spiro atoms. The number of hydrogen-bond donors (Lipinski definition) is 0. The topological polar surface area (TPSA) is 35.0 Å². The maximum absolute atomic E-state index is 5.50. The average Bonchev–Trinajstić information content (AvgIpc) is 2.54. The number of aryl methyl sites for hydroxylation is 1. The molecule has 3 aromatic rings. The van der Waals surface area contributed by atoms with Crippen molar-refractivity contribution in [3.05, 3.63) is 65.6 Å². The number of rotatable bonds is 4. The predicted molar refractivity (Wildman–Crippen MR) is 89.5 cm³/mol. The van der Waals surface area contributed by atoms with E-state index in [4.69, 9.17) is 4.74 Å². The third-order valence-electron chi connectivity index (χ3n) is 3.51. The SMILES string of the molecule is CCOc1ccc(C([As])c2nc(C)nc3ccccc23)cc1. The number of ether oxygens (including phenoxy) is 1. The van der Waals surface area contributed by atoms with Crippen LogP contribution in [0.2, 0.25) is 0 Å². The molecule has 3 nitrogen and oxygen atoms in total. The monoisotopic (exact) mass is 352 g/mol. The van der Waals surface area contributed by atoms with Crippen molar-refractivity contribution in [3.8, 4) is 5.75 Å². The van der Waals surface area contributed by atoms with Gasteiger partial charge in [-0.2, -0.15) is 0 Å². The van der Waals surface area contributed by atoms with E-state index in [-0.39, 0.29) is 4.71 Å². The van der Waals surface area contributed by atoms with Gasteiger partial charge in [0.25, 0.3) is 0 Å². The van der Waals surface area contributed by atoms with Crippen LogP contribution in [0.25, 0.3) is 10.9 Å². The van der Waals surface area contributed by atoms with E-state index < -0.39 is 0 Å². The van der Waals surface area contributed by atoms with E-state index in [9.17, 15) is 0 Å². The molecule has 1 heterocycles. The van der Waals surface area contributed by atoms with Gasteiger partial charge >= 0.3 is 139 Å². The van der Waals surface area contributed by atoms with Crippen LogP contribution in [0.5, 0.6) is 5.75 Å². The fourth-order valence-electron chi connectivity index (χ4n) is 2.50. The van der Waals surface area contributed by atoms with Gasteiger partial charge in [0.15, 0.2) is 0 Å². The molecule has 0 saturated heterocycles. The zero-order chi connectivity index (χ0) is 15.5. The average molecular weight is 352 g/mol. The minimum atomic E-state index is 0.148. The molecule has 0 aliphatic rings. The number of benzene rings is 2. The van der Waals surface area contributed by atoms with E-state index in [2.05, 4.69) is 45.0 Å². The van der Waals surface area contributed by atoms with Crippen LogP contribution in [0.15, 0.2) is 48.5 Å². The number of hydrogen-bond acceptors (Lipinski definition) is 3. The predicted octanol–water partition coefficient (Wildman–Crippen LogP) is 3.59. The van der Waals surface area contributed by atoms with Crippen LogP contribution < -0.4 is 4.74 Å². The van der Waals surface area contributed by atoms with Crippen LogP contribution in [0, 0.1) is 6.92 Å². The molecular formula is C18H17AsN2O. The normalized spacial score (nSPS) is 12.3. The molecule has 0 fully saturated rings. The Morgan fingerprint density at radius 1 is 1.05 bits per heavy atom. The van der Waals surface area contributed by atoms with Gasteiger partial charge in [0.2, 0.25) is 0 Å². The molecule has 2 radical (unpaired) electrons. The molecule has 0 N–H and O–H groups in total. The van der Waals surface area contributed by atoms with Crippen molar-refractivity contribution in [2.75, 3.05) is 6.61 Å². The molecule has 110 valence electrons. The summed E-state index contributed by atoms with van der Waals surface area (Å²) >= 11 is 2.72. The molecule has 0 amide bonds. The minimum absolute atomic E-state index is 0.148. The molecule has 0 saturated carbocycles. The Kier molecular flexibility index (Phi) is 4.44. The van der Waals surface area contributed by atoms with E-state index in [1.54, 1.807) is 0 Å².